The van der Waals surface area contributed by atoms with Gasteiger partial charge >= 0.3 is 0 Å². The van der Waals surface area contributed by atoms with E-state index in [1.54, 1.807) is 21.3 Å². The van der Waals surface area contributed by atoms with E-state index in [4.69, 9.17) is 5.73 Å². The molecule has 23 heavy (non-hydrogen) atoms. The van der Waals surface area contributed by atoms with E-state index in [1.807, 2.05) is 0 Å². The molecule has 8 heteroatoms. The van der Waals surface area contributed by atoms with Crippen LogP contribution in [0.25, 0.3) is 0 Å². The average Bonchev–Trinajstić information content (AvgIpc) is 3.17. The first kappa shape index (κ1) is 16.9. The molecule has 128 valence electrons. The summed E-state index contributed by atoms with van der Waals surface area (Å²) in [5.74, 6) is 0.0294. The van der Waals surface area contributed by atoms with Crippen molar-refractivity contribution in [1.82, 2.24) is 9.21 Å². The summed E-state index contributed by atoms with van der Waals surface area (Å²) in [5.41, 5.74) is 5.82. The van der Waals surface area contributed by atoms with Crippen molar-refractivity contribution in [2.45, 2.75) is 42.4 Å². The van der Waals surface area contributed by atoms with Crippen molar-refractivity contribution in [2.75, 3.05) is 26.2 Å². The predicted octanol–water partition coefficient (Wildman–Crippen LogP) is 1.02. The first-order valence-corrected chi connectivity index (χ1v) is 10.3. The number of nitrogens with two attached hydrogens (primary N) is 1. The topological polar surface area (TPSA) is 83.7 Å². The van der Waals surface area contributed by atoms with Crippen molar-refractivity contribution < 1.29 is 13.2 Å². The van der Waals surface area contributed by atoms with Crippen LogP contribution in [0.3, 0.4) is 0 Å². The molecule has 0 bridgehead atoms. The van der Waals surface area contributed by atoms with Gasteiger partial charge < -0.3 is 10.6 Å². The number of sulfonamides is 1. The summed E-state index contributed by atoms with van der Waals surface area (Å²) in [6, 6.07) is 3.46. The second kappa shape index (κ2) is 6.88. The van der Waals surface area contributed by atoms with Crippen molar-refractivity contribution in [1.29, 1.82) is 0 Å². The molecule has 1 amide bonds. The highest BCUT2D eigenvalue weighted by atomic mass is 32.2. The fourth-order valence-electron chi connectivity index (χ4n) is 3.10. The second-order valence-corrected chi connectivity index (χ2v) is 9.58. The van der Waals surface area contributed by atoms with Crippen LogP contribution in [-0.4, -0.2) is 55.8 Å². The summed E-state index contributed by atoms with van der Waals surface area (Å²) < 4.78 is 27.1. The zero-order valence-electron chi connectivity index (χ0n) is 13.1. The maximum atomic E-state index is 12.6. The van der Waals surface area contributed by atoms with Crippen molar-refractivity contribution in [3.8, 4) is 0 Å². The molecule has 0 radical (unpaired) electrons. The zero-order chi connectivity index (χ0) is 16.4. The molecule has 2 saturated heterocycles. The first-order chi connectivity index (χ1) is 11.0. The molecule has 3 rings (SSSR count). The summed E-state index contributed by atoms with van der Waals surface area (Å²) in [7, 11) is -3.40. The van der Waals surface area contributed by atoms with Crippen LogP contribution in [0.4, 0.5) is 0 Å². The number of rotatable bonds is 4. The lowest BCUT2D eigenvalue weighted by molar-refractivity contribution is -0.129. The lowest BCUT2D eigenvalue weighted by atomic mass is 10.2. The number of carbonyl (C=O) groups excluding carboxylic acids is 1. The summed E-state index contributed by atoms with van der Waals surface area (Å²) >= 11 is 1.21. The van der Waals surface area contributed by atoms with Crippen LogP contribution in [0.2, 0.25) is 0 Å². The van der Waals surface area contributed by atoms with Crippen LogP contribution in [0.5, 0.6) is 0 Å². The van der Waals surface area contributed by atoms with E-state index in [-0.39, 0.29) is 18.4 Å². The van der Waals surface area contributed by atoms with Crippen molar-refractivity contribution in [2.24, 2.45) is 5.73 Å². The molecule has 1 aromatic rings. The first-order valence-electron chi connectivity index (χ1n) is 8.09. The van der Waals surface area contributed by atoms with E-state index in [0.717, 1.165) is 30.6 Å². The van der Waals surface area contributed by atoms with E-state index in [1.165, 1.54) is 11.3 Å². The molecule has 0 aromatic carbocycles. The van der Waals surface area contributed by atoms with Crippen LogP contribution in [0.15, 0.2) is 16.3 Å². The SMILES string of the molecule is N[C@@H]1CCN(C(=O)Cc2ccc(S(=O)(=O)N3CCCCC3)s2)C1. The van der Waals surface area contributed by atoms with Gasteiger partial charge in [0.2, 0.25) is 5.91 Å². The maximum absolute atomic E-state index is 12.6. The van der Waals surface area contributed by atoms with Gasteiger partial charge in [-0.15, -0.1) is 11.3 Å². The Bertz CT molecular complexity index is 665. The van der Waals surface area contributed by atoms with Gasteiger partial charge in [-0.25, -0.2) is 8.42 Å². The molecular formula is C15H23N3O3S2. The zero-order valence-corrected chi connectivity index (χ0v) is 14.7. The summed E-state index contributed by atoms with van der Waals surface area (Å²) in [6.45, 7) is 2.49. The van der Waals surface area contributed by atoms with Crippen molar-refractivity contribution >= 4 is 27.3 Å². The minimum absolute atomic E-state index is 0.0294. The lowest BCUT2D eigenvalue weighted by Gasteiger charge is -2.25. The minimum Gasteiger partial charge on any atom is -0.341 e. The van der Waals surface area contributed by atoms with Crippen molar-refractivity contribution in [3.63, 3.8) is 0 Å². The second-order valence-electron chi connectivity index (χ2n) is 6.25. The van der Waals surface area contributed by atoms with Gasteiger partial charge in [-0.2, -0.15) is 4.31 Å². The van der Waals surface area contributed by atoms with Gasteiger partial charge in [-0.05, 0) is 31.4 Å². The third kappa shape index (κ3) is 3.76. The lowest BCUT2D eigenvalue weighted by Crippen LogP contribution is -2.35. The van der Waals surface area contributed by atoms with E-state index >= 15 is 0 Å². The molecule has 6 nitrogen and oxygen atoms in total. The highest BCUT2D eigenvalue weighted by Crippen LogP contribution is 2.27. The molecule has 1 aromatic heterocycles. The molecule has 0 saturated carbocycles. The molecule has 0 unspecified atom stereocenters. The normalized spacial score (nSPS) is 23.3. The molecule has 0 spiro atoms. The molecular weight excluding hydrogens is 334 g/mol. The van der Waals surface area contributed by atoms with Crippen LogP contribution < -0.4 is 5.73 Å². The third-order valence-corrected chi connectivity index (χ3v) is 7.90. The summed E-state index contributed by atoms with van der Waals surface area (Å²) in [4.78, 5) is 14.8. The monoisotopic (exact) mass is 357 g/mol. The standard InChI is InChI=1S/C15H23N3O3S2/c16-12-6-9-17(11-12)14(19)10-13-4-5-15(22-13)23(20,21)18-7-2-1-3-8-18/h4-5,12H,1-3,6-11,16H2/t12-/m1/s1. The maximum Gasteiger partial charge on any atom is 0.252 e. The fourth-order valence-corrected chi connectivity index (χ4v) is 6.12. The van der Waals surface area contributed by atoms with Gasteiger partial charge in [0.25, 0.3) is 10.0 Å². The summed E-state index contributed by atoms with van der Waals surface area (Å²) in [5, 5.41) is 0. The fraction of sp³-hybridized carbons (Fsp3) is 0.667. The third-order valence-electron chi connectivity index (χ3n) is 4.45. The highest BCUT2D eigenvalue weighted by molar-refractivity contribution is 7.91. The summed E-state index contributed by atoms with van der Waals surface area (Å²) in [6.07, 6.45) is 4.03. The number of likely N-dealkylation sites (tertiary alicyclic amines) is 1. The van der Waals surface area contributed by atoms with Gasteiger partial charge in [0.1, 0.15) is 4.21 Å². The Balaban J connectivity index is 1.66. The van der Waals surface area contributed by atoms with E-state index in [9.17, 15) is 13.2 Å². The van der Waals surface area contributed by atoms with Crippen LogP contribution in [0.1, 0.15) is 30.6 Å². The number of carbonyl (C=O) groups is 1. The Labute approximate surface area is 141 Å². The minimum atomic E-state index is -3.40. The number of nitrogens with zero attached hydrogens (tertiary/aromatic N) is 2. The Hall–Kier alpha value is -0.960. The van der Waals surface area contributed by atoms with Crippen LogP contribution in [0, 0.1) is 0 Å². The molecule has 2 N–H and O–H groups in total. The van der Waals surface area contributed by atoms with Gasteiger partial charge in [0, 0.05) is 37.1 Å². The largest absolute Gasteiger partial charge is 0.341 e. The van der Waals surface area contributed by atoms with Crippen LogP contribution in [-0.2, 0) is 21.2 Å². The van der Waals surface area contributed by atoms with Gasteiger partial charge in [-0.3, -0.25) is 4.79 Å². The Morgan fingerprint density at radius 1 is 1.22 bits per heavy atom. The quantitative estimate of drug-likeness (QED) is 0.872. The van der Waals surface area contributed by atoms with E-state index < -0.39 is 10.0 Å². The van der Waals surface area contributed by atoms with Crippen LogP contribution >= 0.6 is 11.3 Å². The predicted molar refractivity (Wildman–Crippen MR) is 89.8 cm³/mol. The number of amides is 1. The smallest absolute Gasteiger partial charge is 0.252 e. The Morgan fingerprint density at radius 3 is 2.61 bits per heavy atom. The number of hydrogen-bond acceptors (Lipinski definition) is 5. The van der Waals surface area contributed by atoms with Crippen molar-refractivity contribution in [3.05, 3.63) is 17.0 Å². The van der Waals surface area contributed by atoms with Gasteiger partial charge in [0.15, 0.2) is 0 Å². The van der Waals surface area contributed by atoms with Gasteiger partial charge in [-0.1, -0.05) is 6.42 Å². The number of hydrogen-bond donors (Lipinski definition) is 1. The molecule has 0 aliphatic carbocycles. The Morgan fingerprint density at radius 2 is 1.96 bits per heavy atom. The molecule has 2 aliphatic rings. The van der Waals surface area contributed by atoms with E-state index in [2.05, 4.69) is 0 Å². The van der Waals surface area contributed by atoms with E-state index in [0.29, 0.717) is 30.4 Å². The highest BCUT2D eigenvalue weighted by Gasteiger charge is 2.28. The molecule has 2 aliphatic heterocycles. The number of piperidine rings is 1. The van der Waals surface area contributed by atoms with Gasteiger partial charge in [0.05, 0.1) is 6.42 Å². The number of thiophene rings is 1. The molecule has 3 heterocycles. The molecule has 2 fully saturated rings. The Kier molecular flexibility index (Phi) is 5.05. The molecule has 1 atom stereocenters. The average molecular weight is 358 g/mol.